The number of amides is 1. The molecule has 0 atom stereocenters. The van der Waals surface area contributed by atoms with E-state index >= 15 is 0 Å². The van der Waals surface area contributed by atoms with Gasteiger partial charge in [-0.05, 0) is 12.8 Å². The first-order valence-electron chi connectivity index (χ1n) is 7.27. The molecule has 5 nitrogen and oxygen atoms in total. The van der Waals surface area contributed by atoms with E-state index in [9.17, 15) is 14.7 Å². The van der Waals surface area contributed by atoms with E-state index in [1.54, 1.807) is 6.20 Å². The third-order valence-corrected chi connectivity index (χ3v) is 5.26. The number of nitrogens with zero attached hydrogens (tertiary/aromatic N) is 1. The van der Waals surface area contributed by atoms with E-state index in [1.165, 1.54) is 11.3 Å². The second-order valence-corrected chi connectivity index (χ2v) is 7.71. The topological polar surface area (TPSA) is 79.3 Å². The summed E-state index contributed by atoms with van der Waals surface area (Å²) in [5.41, 5.74) is -1.22. The summed E-state index contributed by atoms with van der Waals surface area (Å²) in [5, 5.41) is 13.1. The van der Waals surface area contributed by atoms with Gasteiger partial charge in [0.1, 0.15) is 10.4 Å². The standard InChI is InChI=1S/C15H22N2O3S/c1-14(2,3)12-16-9-10(21-12)11(18)17-15(13(19)20)7-5-4-6-8-15/h9H,4-8H2,1-3H3,(H,17,18)(H,19,20). The molecule has 6 heteroatoms. The number of rotatable bonds is 3. The lowest BCUT2D eigenvalue weighted by Crippen LogP contribution is -2.55. The maximum Gasteiger partial charge on any atom is 0.329 e. The van der Waals surface area contributed by atoms with Gasteiger partial charge in [-0.15, -0.1) is 11.3 Å². The van der Waals surface area contributed by atoms with Crippen LogP contribution in [0.2, 0.25) is 0 Å². The third kappa shape index (κ3) is 3.43. The molecule has 0 aliphatic heterocycles. The Balaban J connectivity index is 2.16. The fraction of sp³-hybridized carbons (Fsp3) is 0.667. The van der Waals surface area contributed by atoms with Crippen molar-refractivity contribution in [2.45, 2.75) is 63.8 Å². The second-order valence-electron chi connectivity index (χ2n) is 6.68. The number of carboxylic acid groups (broad SMARTS) is 1. The van der Waals surface area contributed by atoms with Crippen LogP contribution in [0.3, 0.4) is 0 Å². The van der Waals surface area contributed by atoms with Crippen molar-refractivity contribution in [2.75, 3.05) is 0 Å². The number of thiazole rings is 1. The molecule has 2 N–H and O–H groups in total. The van der Waals surface area contributed by atoms with Gasteiger partial charge in [0.15, 0.2) is 0 Å². The Hall–Kier alpha value is -1.43. The van der Waals surface area contributed by atoms with Crippen molar-refractivity contribution in [3.05, 3.63) is 16.1 Å². The molecule has 1 aromatic rings. The van der Waals surface area contributed by atoms with Gasteiger partial charge < -0.3 is 10.4 Å². The lowest BCUT2D eigenvalue weighted by molar-refractivity contribution is -0.145. The molecule has 21 heavy (non-hydrogen) atoms. The average Bonchev–Trinajstić information content (AvgIpc) is 2.89. The van der Waals surface area contributed by atoms with E-state index in [4.69, 9.17) is 0 Å². The van der Waals surface area contributed by atoms with Crippen molar-refractivity contribution in [1.29, 1.82) is 0 Å². The van der Waals surface area contributed by atoms with Crippen LogP contribution >= 0.6 is 11.3 Å². The molecule has 0 bridgehead atoms. The summed E-state index contributed by atoms with van der Waals surface area (Å²) >= 11 is 1.33. The molecular formula is C15H22N2O3S. The molecule has 1 aliphatic carbocycles. The van der Waals surface area contributed by atoms with Crippen LogP contribution in [0.25, 0.3) is 0 Å². The number of nitrogens with one attached hydrogen (secondary N) is 1. The van der Waals surface area contributed by atoms with Gasteiger partial charge in [0.25, 0.3) is 5.91 Å². The first-order chi connectivity index (χ1) is 9.74. The van der Waals surface area contributed by atoms with Crippen LogP contribution < -0.4 is 5.32 Å². The Morgan fingerprint density at radius 2 is 1.90 bits per heavy atom. The van der Waals surface area contributed by atoms with Crippen LogP contribution in [0.5, 0.6) is 0 Å². The lowest BCUT2D eigenvalue weighted by Gasteiger charge is -2.33. The van der Waals surface area contributed by atoms with Gasteiger partial charge >= 0.3 is 5.97 Å². The van der Waals surface area contributed by atoms with E-state index in [0.717, 1.165) is 24.3 Å². The molecular weight excluding hydrogens is 288 g/mol. The Morgan fingerprint density at radius 3 is 2.38 bits per heavy atom. The molecule has 2 rings (SSSR count). The Bertz CT molecular complexity index is 539. The molecule has 1 aliphatic rings. The minimum atomic E-state index is -1.11. The zero-order valence-electron chi connectivity index (χ0n) is 12.7. The summed E-state index contributed by atoms with van der Waals surface area (Å²) in [7, 11) is 0. The smallest absolute Gasteiger partial charge is 0.329 e. The summed E-state index contributed by atoms with van der Waals surface area (Å²) in [6.45, 7) is 6.11. The minimum absolute atomic E-state index is 0.113. The number of aromatic nitrogens is 1. The van der Waals surface area contributed by atoms with Gasteiger partial charge in [-0.3, -0.25) is 4.79 Å². The molecule has 1 aromatic heterocycles. The van der Waals surface area contributed by atoms with Crippen LogP contribution in [0.1, 0.15) is 67.6 Å². The van der Waals surface area contributed by atoms with Gasteiger partial charge in [0, 0.05) is 5.41 Å². The van der Waals surface area contributed by atoms with Crippen molar-refractivity contribution in [2.24, 2.45) is 0 Å². The average molecular weight is 310 g/mol. The molecule has 1 heterocycles. The highest BCUT2D eigenvalue weighted by Gasteiger charge is 2.41. The largest absolute Gasteiger partial charge is 0.480 e. The Morgan fingerprint density at radius 1 is 1.29 bits per heavy atom. The SMILES string of the molecule is CC(C)(C)c1ncc(C(=O)NC2(C(=O)O)CCCCC2)s1. The number of hydrogen-bond acceptors (Lipinski definition) is 4. The second kappa shape index (κ2) is 5.75. The molecule has 0 unspecified atom stereocenters. The van der Waals surface area contributed by atoms with Gasteiger partial charge in [0.05, 0.1) is 11.2 Å². The third-order valence-electron chi connectivity index (χ3n) is 3.84. The lowest BCUT2D eigenvalue weighted by atomic mass is 9.81. The van der Waals surface area contributed by atoms with E-state index in [0.29, 0.717) is 17.7 Å². The quantitative estimate of drug-likeness (QED) is 0.899. The monoisotopic (exact) mass is 310 g/mol. The predicted molar refractivity (Wildman–Crippen MR) is 81.7 cm³/mol. The zero-order chi connectivity index (χ0) is 15.7. The summed E-state index contributed by atoms with van der Waals surface area (Å²) in [6.07, 6.45) is 5.24. The van der Waals surface area contributed by atoms with Crippen molar-refractivity contribution in [1.82, 2.24) is 10.3 Å². The maximum absolute atomic E-state index is 12.4. The molecule has 0 aromatic carbocycles. The summed E-state index contributed by atoms with van der Waals surface area (Å²) in [5.74, 6) is -1.26. The van der Waals surface area contributed by atoms with Crippen LogP contribution in [0.15, 0.2) is 6.20 Å². The number of aliphatic carboxylic acids is 1. The molecule has 0 saturated heterocycles. The first-order valence-corrected chi connectivity index (χ1v) is 8.08. The Labute approximate surface area is 128 Å². The summed E-state index contributed by atoms with van der Waals surface area (Å²) < 4.78 is 0. The summed E-state index contributed by atoms with van der Waals surface area (Å²) in [4.78, 5) is 28.7. The number of carbonyl (C=O) groups is 2. The Kier molecular flexibility index (Phi) is 4.37. The van der Waals surface area contributed by atoms with Crippen molar-refractivity contribution in [3.63, 3.8) is 0 Å². The molecule has 0 spiro atoms. The highest BCUT2D eigenvalue weighted by molar-refractivity contribution is 7.13. The maximum atomic E-state index is 12.4. The zero-order valence-corrected chi connectivity index (χ0v) is 13.5. The van der Waals surface area contributed by atoms with E-state index in [-0.39, 0.29) is 11.3 Å². The van der Waals surface area contributed by atoms with Gasteiger partial charge in [-0.2, -0.15) is 0 Å². The van der Waals surface area contributed by atoms with Crippen LogP contribution in [0, 0.1) is 0 Å². The van der Waals surface area contributed by atoms with Crippen molar-refractivity contribution < 1.29 is 14.7 Å². The molecule has 1 amide bonds. The molecule has 116 valence electrons. The number of carboxylic acids is 1. The summed E-state index contributed by atoms with van der Waals surface area (Å²) in [6, 6.07) is 0. The van der Waals surface area contributed by atoms with Crippen molar-refractivity contribution in [3.8, 4) is 0 Å². The number of hydrogen-bond donors (Lipinski definition) is 2. The van der Waals surface area contributed by atoms with Gasteiger partial charge in [-0.25, -0.2) is 9.78 Å². The predicted octanol–water partition coefficient (Wildman–Crippen LogP) is 2.96. The van der Waals surface area contributed by atoms with Crippen LogP contribution in [-0.2, 0) is 10.2 Å². The van der Waals surface area contributed by atoms with E-state index in [1.807, 2.05) is 20.8 Å². The normalized spacial score (nSPS) is 18.2. The molecule has 0 radical (unpaired) electrons. The fourth-order valence-electron chi connectivity index (χ4n) is 2.55. The van der Waals surface area contributed by atoms with Gasteiger partial charge in [0.2, 0.25) is 0 Å². The molecule has 1 saturated carbocycles. The van der Waals surface area contributed by atoms with E-state index in [2.05, 4.69) is 10.3 Å². The molecule has 1 fully saturated rings. The fourth-order valence-corrected chi connectivity index (χ4v) is 3.42. The van der Waals surface area contributed by atoms with Gasteiger partial charge in [-0.1, -0.05) is 40.0 Å². The highest BCUT2D eigenvalue weighted by atomic mass is 32.1. The van der Waals surface area contributed by atoms with E-state index < -0.39 is 11.5 Å². The highest BCUT2D eigenvalue weighted by Crippen LogP contribution is 2.30. The minimum Gasteiger partial charge on any atom is -0.480 e. The number of carbonyl (C=O) groups excluding carboxylic acids is 1. The van der Waals surface area contributed by atoms with Crippen LogP contribution in [-0.4, -0.2) is 27.5 Å². The first kappa shape index (κ1) is 15.9. The van der Waals surface area contributed by atoms with Crippen molar-refractivity contribution >= 4 is 23.2 Å². The van der Waals surface area contributed by atoms with Crippen LogP contribution in [0.4, 0.5) is 0 Å².